The van der Waals surface area contributed by atoms with Gasteiger partial charge < -0.3 is 10.2 Å². The highest BCUT2D eigenvalue weighted by molar-refractivity contribution is 6.15. The highest BCUT2D eigenvalue weighted by atomic mass is 16.4. The fourth-order valence-corrected chi connectivity index (χ4v) is 4.00. The second kappa shape index (κ2) is 8.63. The molecule has 4 rings (SSSR count). The lowest BCUT2D eigenvalue weighted by Gasteiger charge is -2.22. The molecule has 2 N–H and O–H groups in total. The number of carbonyl (C=O) groups is 2. The molecule has 0 bridgehead atoms. The average molecular weight is 418 g/mol. The van der Waals surface area contributed by atoms with Gasteiger partial charge in [-0.1, -0.05) is 96.9 Å². The van der Waals surface area contributed by atoms with Gasteiger partial charge in [-0.3, -0.25) is 0 Å². The Morgan fingerprint density at radius 3 is 1.28 bits per heavy atom. The average Bonchev–Trinajstić information content (AvgIpc) is 2.83. The molecule has 4 aromatic carbocycles. The predicted molar refractivity (Wildman–Crippen MR) is 125 cm³/mol. The lowest BCUT2D eigenvalue weighted by molar-refractivity contribution is 0.0653. The minimum atomic E-state index is -1.35. The summed E-state index contributed by atoms with van der Waals surface area (Å²) in [6.07, 6.45) is 5.98. The van der Waals surface area contributed by atoms with Crippen LogP contribution in [0.25, 0.3) is 33.4 Å². The van der Waals surface area contributed by atoms with Crippen molar-refractivity contribution in [2.45, 2.75) is 0 Å². The summed E-state index contributed by atoms with van der Waals surface area (Å²) in [5.74, 6) is -0.00988. The molecular weight excluding hydrogens is 400 g/mol. The van der Waals surface area contributed by atoms with Crippen LogP contribution in [0.1, 0.15) is 26.3 Å². The van der Waals surface area contributed by atoms with Crippen molar-refractivity contribution < 1.29 is 19.8 Å². The maximum absolute atomic E-state index is 12.6. The number of rotatable bonds is 5. The molecular formula is C28H18O4. The van der Waals surface area contributed by atoms with Gasteiger partial charge in [-0.25, -0.2) is 9.59 Å². The number of carboxylic acids is 2. The van der Waals surface area contributed by atoms with Gasteiger partial charge in [-0.05, 0) is 16.7 Å². The molecule has 0 spiro atoms. The van der Waals surface area contributed by atoms with Gasteiger partial charge in [0.2, 0.25) is 0 Å². The molecule has 4 heteroatoms. The number of benzene rings is 4. The normalized spacial score (nSPS) is 10.3. The number of hydrogen-bond acceptors (Lipinski definition) is 2. The van der Waals surface area contributed by atoms with E-state index < -0.39 is 11.9 Å². The summed E-state index contributed by atoms with van der Waals surface area (Å²) in [7, 11) is 0. The summed E-state index contributed by atoms with van der Waals surface area (Å²) < 4.78 is 0. The molecule has 0 amide bonds. The standard InChI is InChI=1S/C28H18O4/c1-2-21-22(18-12-6-3-7-13-18)24(20-16-10-5-11-17-20)26(28(31)32)25(27(29)30)23(21)19-14-8-4-9-15-19/h1,3-17H,(H,29,30)(H,31,32). The SMILES string of the molecule is C#Cc1c(-c2ccccc2)c(C(=O)O)c(C(=O)O)c(-c2ccccc2)c1-c1ccccc1. The smallest absolute Gasteiger partial charge is 0.337 e. The maximum atomic E-state index is 12.6. The van der Waals surface area contributed by atoms with Gasteiger partial charge in [0, 0.05) is 22.3 Å². The van der Waals surface area contributed by atoms with Crippen molar-refractivity contribution in [2.75, 3.05) is 0 Å². The third kappa shape index (κ3) is 3.53. The zero-order chi connectivity index (χ0) is 22.7. The Kier molecular flexibility index (Phi) is 5.57. The van der Waals surface area contributed by atoms with Gasteiger partial charge in [-0.15, -0.1) is 6.42 Å². The van der Waals surface area contributed by atoms with Crippen LogP contribution in [0, 0.1) is 12.3 Å². The highest BCUT2D eigenvalue weighted by Crippen LogP contribution is 2.45. The first-order valence-electron chi connectivity index (χ1n) is 9.88. The molecule has 0 saturated carbocycles. The van der Waals surface area contributed by atoms with E-state index in [1.807, 2.05) is 36.4 Å². The lowest BCUT2D eigenvalue weighted by Crippen LogP contribution is -2.15. The van der Waals surface area contributed by atoms with E-state index in [-0.39, 0.29) is 22.3 Å². The largest absolute Gasteiger partial charge is 0.478 e. The van der Waals surface area contributed by atoms with E-state index in [2.05, 4.69) is 5.92 Å². The van der Waals surface area contributed by atoms with Crippen LogP contribution >= 0.6 is 0 Å². The molecule has 0 unspecified atom stereocenters. The molecule has 0 aromatic heterocycles. The molecule has 0 heterocycles. The van der Waals surface area contributed by atoms with Crippen LogP contribution in [0.5, 0.6) is 0 Å². The zero-order valence-corrected chi connectivity index (χ0v) is 16.9. The van der Waals surface area contributed by atoms with Gasteiger partial charge in [0.1, 0.15) is 0 Å². The lowest BCUT2D eigenvalue weighted by atomic mass is 9.79. The third-order valence-corrected chi connectivity index (χ3v) is 5.26. The summed E-state index contributed by atoms with van der Waals surface area (Å²) in [5, 5.41) is 20.4. The third-order valence-electron chi connectivity index (χ3n) is 5.26. The van der Waals surface area contributed by atoms with Gasteiger partial charge in [0.05, 0.1) is 11.1 Å². The first kappa shape index (κ1) is 20.6. The van der Waals surface area contributed by atoms with Gasteiger partial charge >= 0.3 is 11.9 Å². The van der Waals surface area contributed by atoms with E-state index >= 15 is 0 Å². The second-order valence-corrected chi connectivity index (χ2v) is 7.10. The van der Waals surface area contributed by atoms with Crippen molar-refractivity contribution in [3.8, 4) is 45.7 Å². The van der Waals surface area contributed by atoms with Crippen molar-refractivity contribution in [3.05, 3.63) is 108 Å². The van der Waals surface area contributed by atoms with Crippen molar-refractivity contribution in [2.24, 2.45) is 0 Å². The van der Waals surface area contributed by atoms with Crippen LogP contribution in [0.15, 0.2) is 91.0 Å². The van der Waals surface area contributed by atoms with Crippen LogP contribution in [0.4, 0.5) is 0 Å². The van der Waals surface area contributed by atoms with Crippen LogP contribution in [-0.4, -0.2) is 22.2 Å². The fourth-order valence-electron chi connectivity index (χ4n) is 4.00. The molecule has 0 aliphatic carbocycles. The maximum Gasteiger partial charge on any atom is 0.337 e. The Hall–Kier alpha value is -4.62. The molecule has 0 fully saturated rings. The summed E-state index contributed by atoms with van der Waals surface area (Å²) in [5.41, 5.74) is 2.56. The fraction of sp³-hybridized carbons (Fsp3) is 0. The highest BCUT2D eigenvalue weighted by Gasteiger charge is 2.32. The predicted octanol–water partition coefficient (Wildman–Crippen LogP) is 6.07. The Morgan fingerprint density at radius 2 is 0.906 bits per heavy atom. The Morgan fingerprint density at radius 1 is 0.562 bits per heavy atom. The number of carboxylic acid groups (broad SMARTS) is 2. The van der Waals surface area contributed by atoms with E-state index in [4.69, 9.17) is 6.42 Å². The molecule has 0 aliphatic rings. The summed E-state index contributed by atoms with van der Waals surface area (Å²) in [6, 6.07) is 26.8. The van der Waals surface area contributed by atoms with E-state index in [9.17, 15) is 19.8 Å². The van der Waals surface area contributed by atoms with Crippen molar-refractivity contribution in [1.82, 2.24) is 0 Å². The zero-order valence-electron chi connectivity index (χ0n) is 16.9. The summed E-state index contributed by atoms with van der Waals surface area (Å²) >= 11 is 0. The van der Waals surface area contributed by atoms with E-state index in [0.717, 1.165) is 0 Å². The Bertz CT molecular complexity index is 1350. The quantitative estimate of drug-likeness (QED) is 0.386. The first-order chi connectivity index (χ1) is 15.5. The number of terminal acetylenes is 1. The van der Waals surface area contributed by atoms with Crippen LogP contribution in [0.3, 0.4) is 0 Å². The van der Waals surface area contributed by atoms with Gasteiger partial charge in [-0.2, -0.15) is 0 Å². The minimum absolute atomic E-state index is 0.219. The molecule has 4 nitrogen and oxygen atoms in total. The van der Waals surface area contributed by atoms with Crippen LogP contribution in [0.2, 0.25) is 0 Å². The first-order valence-corrected chi connectivity index (χ1v) is 9.88. The topological polar surface area (TPSA) is 74.6 Å². The number of hydrogen-bond donors (Lipinski definition) is 2. The Labute approximate surface area is 185 Å². The minimum Gasteiger partial charge on any atom is -0.478 e. The molecule has 0 saturated heterocycles. The summed E-state index contributed by atoms with van der Waals surface area (Å²) in [6.45, 7) is 0. The molecule has 32 heavy (non-hydrogen) atoms. The Balaban J connectivity index is 2.33. The molecule has 0 aliphatic heterocycles. The summed E-state index contributed by atoms with van der Waals surface area (Å²) in [4.78, 5) is 25.1. The second-order valence-electron chi connectivity index (χ2n) is 7.10. The van der Waals surface area contributed by atoms with Crippen molar-refractivity contribution in [1.29, 1.82) is 0 Å². The van der Waals surface area contributed by atoms with E-state index in [1.54, 1.807) is 54.6 Å². The molecule has 4 aromatic rings. The molecule has 154 valence electrons. The van der Waals surface area contributed by atoms with Gasteiger partial charge in [0.25, 0.3) is 0 Å². The number of aromatic carboxylic acids is 2. The van der Waals surface area contributed by atoms with Crippen LogP contribution < -0.4 is 0 Å². The van der Waals surface area contributed by atoms with Crippen molar-refractivity contribution >= 4 is 11.9 Å². The van der Waals surface area contributed by atoms with E-state index in [1.165, 1.54) is 0 Å². The van der Waals surface area contributed by atoms with E-state index in [0.29, 0.717) is 27.8 Å². The van der Waals surface area contributed by atoms with Crippen molar-refractivity contribution in [3.63, 3.8) is 0 Å². The molecule has 0 radical (unpaired) electrons. The van der Waals surface area contributed by atoms with Crippen LogP contribution in [-0.2, 0) is 0 Å². The van der Waals surface area contributed by atoms with Gasteiger partial charge in [0.15, 0.2) is 0 Å². The monoisotopic (exact) mass is 418 g/mol. The molecule has 0 atom stereocenters.